The molecule has 1 aliphatic rings. The minimum atomic E-state index is -0.515. The van der Waals surface area contributed by atoms with Crippen molar-refractivity contribution in [2.45, 2.75) is 0 Å². The molecule has 0 unspecified atom stereocenters. The average Bonchev–Trinajstić information content (AvgIpc) is 2.91. The maximum atomic E-state index is 12.5. The normalized spacial score (nSPS) is 15.3. The largest absolute Gasteiger partial charge is 0.508 e. The lowest BCUT2D eigenvalue weighted by atomic mass is 10.1. The number of hydrazine groups is 1. The summed E-state index contributed by atoms with van der Waals surface area (Å²) in [6.07, 6.45) is 1.44. The number of benzene rings is 2. The van der Waals surface area contributed by atoms with Crippen LogP contribution in [0.25, 0.3) is 6.08 Å². The molecule has 3 rings (SSSR count). The number of nitrogens with zero attached hydrogens (tertiary/aromatic N) is 1. The minimum absolute atomic E-state index is 0.0936. The highest BCUT2D eigenvalue weighted by molar-refractivity contribution is 8.26. The molecule has 1 saturated heterocycles. The zero-order chi connectivity index (χ0) is 19.6. The van der Waals surface area contributed by atoms with Crippen LogP contribution in [0.1, 0.15) is 15.9 Å². The number of aromatic hydroxyl groups is 2. The van der Waals surface area contributed by atoms with Gasteiger partial charge < -0.3 is 14.9 Å². The smallest absolute Gasteiger partial charge is 0.285 e. The van der Waals surface area contributed by atoms with E-state index in [0.29, 0.717) is 16.9 Å². The molecule has 1 heterocycles. The van der Waals surface area contributed by atoms with Gasteiger partial charge in [-0.3, -0.25) is 15.0 Å². The molecule has 1 fully saturated rings. The van der Waals surface area contributed by atoms with Gasteiger partial charge in [0.2, 0.25) is 0 Å². The summed E-state index contributed by atoms with van der Waals surface area (Å²) in [6.45, 7) is 0. The van der Waals surface area contributed by atoms with E-state index in [1.807, 2.05) is 0 Å². The Balaban J connectivity index is 1.77. The molecule has 138 valence electrons. The third kappa shape index (κ3) is 4.04. The number of nitrogens with one attached hydrogen (secondary N) is 1. The molecule has 1 aliphatic heterocycles. The number of thioether (sulfide) groups is 1. The first kappa shape index (κ1) is 18.7. The van der Waals surface area contributed by atoms with Gasteiger partial charge in [0.25, 0.3) is 11.8 Å². The first-order chi connectivity index (χ1) is 12.9. The van der Waals surface area contributed by atoms with Gasteiger partial charge in [0.15, 0.2) is 4.32 Å². The molecule has 2 aromatic rings. The third-order valence-corrected chi connectivity index (χ3v) is 4.96. The molecule has 7 nitrogen and oxygen atoms in total. The highest BCUT2D eigenvalue weighted by Crippen LogP contribution is 2.34. The van der Waals surface area contributed by atoms with Gasteiger partial charge in [-0.1, -0.05) is 11.8 Å². The Labute approximate surface area is 164 Å². The Kier molecular flexibility index (Phi) is 5.33. The van der Waals surface area contributed by atoms with Gasteiger partial charge in [-0.15, -0.1) is 0 Å². The Bertz CT molecular complexity index is 957. The summed E-state index contributed by atoms with van der Waals surface area (Å²) >= 11 is 6.16. The van der Waals surface area contributed by atoms with E-state index in [9.17, 15) is 19.8 Å². The van der Waals surface area contributed by atoms with E-state index in [0.717, 1.165) is 22.8 Å². The fourth-order valence-corrected chi connectivity index (χ4v) is 3.44. The quantitative estimate of drug-likeness (QED) is 0.534. The Hall–Kier alpha value is -3.04. The van der Waals surface area contributed by atoms with Crippen LogP contribution in [0.2, 0.25) is 0 Å². The number of carbonyl (C=O) groups is 2. The fourth-order valence-electron chi connectivity index (χ4n) is 2.27. The van der Waals surface area contributed by atoms with Gasteiger partial charge in [0.05, 0.1) is 12.0 Å². The van der Waals surface area contributed by atoms with E-state index in [2.05, 4.69) is 5.43 Å². The lowest BCUT2D eigenvalue weighted by molar-refractivity contribution is -0.123. The van der Waals surface area contributed by atoms with Crippen LogP contribution in [0.5, 0.6) is 17.2 Å². The third-order valence-electron chi connectivity index (χ3n) is 3.66. The topological polar surface area (TPSA) is 99.1 Å². The van der Waals surface area contributed by atoms with Gasteiger partial charge in [-0.25, -0.2) is 0 Å². The predicted octanol–water partition coefficient (Wildman–Crippen LogP) is 2.65. The number of phenols is 2. The van der Waals surface area contributed by atoms with Crippen molar-refractivity contribution in [1.82, 2.24) is 10.4 Å². The monoisotopic (exact) mass is 402 g/mol. The standard InChI is InChI=1S/C18H14N2O5S2/c1-25-13-6-3-10(4-7-13)16(23)19-20-17(24)15(27-18(20)26)8-11-2-5-12(21)9-14(11)22/h2-9,21-22H,1H3,(H,19,23)/b15-8+. The SMILES string of the molecule is COc1ccc(C(=O)NN2C(=O)/C(=C\c3ccc(O)cc3O)SC2=S)cc1. The van der Waals surface area contributed by atoms with Crippen LogP contribution >= 0.6 is 24.0 Å². The van der Waals surface area contributed by atoms with Crippen molar-refractivity contribution < 1.29 is 24.5 Å². The number of ether oxygens (including phenoxy) is 1. The molecule has 0 saturated carbocycles. The minimum Gasteiger partial charge on any atom is -0.508 e. The van der Waals surface area contributed by atoms with Crippen molar-refractivity contribution in [3.05, 3.63) is 58.5 Å². The van der Waals surface area contributed by atoms with E-state index < -0.39 is 11.8 Å². The molecule has 0 bridgehead atoms. The van der Waals surface area contributed by atoms with Crippen LogP contribution in [-0.2, 0) is 4.79 Å². The van der Waals surface area contributed by atoms with E-state index in [1.165, 1.54) is 25.3 Å². The van der Waals surface area contributed by atoms with Gasteiger partial charge in [0, 0.05) is 17.2 Å². The number of rotatable bonds is 4. The van der Waals surface area contributed by atoms with E-state index in [1.54, 1.807) is 24.3 Å². The summed E-state index contributed by atoms with van der Waals surface area (Å²) in [6, 6.07) is 10.4. The van der Waals surface area contributed by atoms with Crippen LogP contribution in [0, 0.1) is 0 Å². The van der Waals surface area contributed by atoms with Gasteiger partial charge in [-0.05, 0) is 54.7 Å². The molecule has 27 heavy (non-hydrogen) atoms. The van der Waals surface area contributed by atoms with E-state index in [-0.39, 0.29) is 20.7 Å². The summed E-state index contributed by atoms with van der Waals surface area (Å²) < 4.78 is 5.20. The van der Waals surface area contributed by atoms with E-state index >= 15 is 0 Å². The van der Waals surface area contributed by atoms with Gasteiger partial charge >= 0.3 is 0 Å². The molecule has 2 amide bonds. The van der Waals surface area contributed by atoms with Gasteiger partial charge in [0.1, 0.15) is 17.2 Å². The van der Waals surface area contributed by atoms with Gasteiger partial charge in [-0.2, -0.15) is 5.01 Å². The second-order valence-corrected chi connectivity index (χ2v) is 7.11. The zero-order valence-corrected chi connectivity index (χ0v) is 15.6. The molecular formula is C18H14N2O5S2. The maximum Gasteiger partial charge on any atom is 0.285 e. The van der Waals surface area contributed by atoms with E-state index in [4.69, 9.17) is 17.0 Å². The second kappa shape index (κ2) is 7.68. The number of hydrogen-bond donors (Lipinski definition) is 3. The molecule has 0 atom stereocenters. The summed E-state index contributed by atoms with van der Waals surface area (Å²) in [5.74, 6) is -0.678. The van der Waals surface area contributed by atoms with Crippen molar-refractivity contribution in [3.8, 4) is 17.2 Å². The Morgan fingerprint density at radius 1 is 1.22 bits per heavy atom. The molecule has 0 aliphatic carbocycles. The maximum absolute atomic E-state index is 12.5. The second-order valence-electron chi connectivity index (χ2n) is 5.43. The number of amides is 2. The lowest BCUT2D eigenvalue weighted by Crippen LogP contribution is -2.44. The van der Waals surface area contributed by atoms with Crippen molar-refractivity contribution in [1.29, 1.82) is 0 Å². The molecule has 0 spiro atoms. The summed E-state index contributed by atoms with van der Waals surface area (Å²) in [5.41, 5.74) is 3.15. The summed E-state index contributed by atoms with van der Waals surface area (Å²) in [7, 11) is 1.52. The van der Waals surface area contributed by atoms with Crippen LogP contribution in [0.4, 0.5) is 0 Å². The number of hydrogen-bond acceptors (Lipinski definition) is 7. The van der Waals surface area contributed by atoms with Crippen molar-refractivity contribution in [2.75, 3.05) is 7.11 Å². The molecular weight excluding hydrogens is 388 g/mol. The van der Waals surface area contributed by atoms with Crippen LogP contribution in [0.15, 0.2) is 47.4 Å². The highest BCUT2D eigenvalue weighted by atomic mass is 32.2. The predicted molar refractivity (Wildman–Crippen MR) is 105 cm³/mol. The zero-order valence-electron chi connectivity index (χ0n) is 14.0. The van der Waals surface area contributed by atoms with Crippen molar-refractivity contribution in [3.63, 3.8) is 0 Å². The summed E-state index contributed by atoms with van der Waals surface area (Å²) in [5, 5.41) is 20.2. The van der Waals surface area contributed by atoms with Crippen molar-refractivity contribution >= 4 is 46.2 Å². The first-order valence-corrected chi connectivity index (χ1v) is 8.86. The first-order valence-electron chi connectivity index (χ1n) is 7.64. The number of thiocarbonyl (C=S) groups is 1. The van der Waals surface area contributed by atoms with Crippen LogP contribution < -0.4 is 10.2 Å². The number of phenolic OH excluding ortho intramolecular Hbond substituents is 2. The molecule has 0 aromatic heterocycles. The molecule has 2 aromatic carbocycles. The Morgan fingerprint density at radius 3 is 2.56 bits per heavy atom. The van der Waals surface area contributed by atoms with Crippen LogP contribution in [-0.4, -0.2) is 38.5 Å². The highest BCUT2D eigenvalue weighted by Gasteiger charge is 2.34. The lowest BCUT2D eigenvalue weighted by Gasteiger charge is -2.15. The number of methoxy groups -OCH3 is 1. The molecule has 9 heteroatoms. The Morgan fingerprint density at radius 2 is 1.93 bits per heavy atom. The van der Waals surface area contributed by atoms with Crippen molar-refractivity contribution in [2.24, 2.45) is 0 Å². The number of carbonyl (C=O) groups excluding carboxylic acids is 2. The fraction of sp³-hybridized carbons (Fsp3) is 0.0556. The van der Waals surface area contributed by atoms with Crippen LogP contribution in [0.3, 0.4) is 0 Å². The molecule has 0 radical (unpaired) electrons. The summed E-state index contributed by atoms with van der Waals surface area (Å²) in [4.78, 5) is 25.1. The average molecular weight is 402 g/mol. The molecule has 3 N–H and O–H groups in total.